The second-order valence-electron chi connectivity index (χ2n) is 9.09. The molecule has 2 aromatic carbocycles. The molecule has 0 bridgehead atoms. The summed E-state index contributed by atoms with van der Waals surface area (Å²) >= 11 is 0. The third-order valence-corrected chi connectivity index (χ3v) is 6.27. The Morgan fingerprint density at radius 1 is 0.886 bits per heavy atom. The van der Waals surface area contributed by atoms with E-state index in [1.807, 2.05) is 41.2 Å². The molecular weight excluding hydrogens is 436 g/mol. The fraction of sp³-hybridized carbons (Fsp3) is 0.286. The molecule has 0 spiro atoms. The van der Waals surface area contributed by atoms with Crippen molar-refractivity contribution in [2.45, 2.75) is 25.8 Å². The molecule has 0 fully saturated rings. The van der Waals surface area contributed by atoms with Crippen molar-refractivity contribution < 1.29 is 4.74 Å². The predicted molar refractivity (Wildman–Crippen MR) is 140 cm³/mol. The molecule has 1 atom stereocenters. The number of hydrogen-bond donors (Lipinski definition) is 0. The van der Waals surface area contributed by atoms with Crippen molar-refractivity contribution in [2.24, 2.45) is 0 Å². The summed E-state index contributed by atoms with van der Waals surface area (Å²) in [5, 5.41) is 9.90. The van der Waals surface area contributed by atoms with Crippen LogP contribution in [-0.2, 0) is 0 Å². The molecule has 178 valence electrons. The van der Waals surface area contributed by atoms with Crippen LogP contribution in [0, 0.1) is 0 Å². The molecule has 0 saturated carbocycles. The first-order valence-electron chi connectivity index (χ1n) is 12.0. The quantitative estimate of drug-likeness (QED) is 0.272. The van der Waals surface area contributed by atoms with E-state index in [-0.39, 0.29) is 6.04 Å². The van der Waals surface area contributed by atoms with Gasteiger partial charge in [0, 0.05) is 23.2 Å². The molecule has 0 amide bonds. The first kappa shape index (κ1) is 22.9. The summed E-state index contributed by atoms with van der Waals surface area (Å²) in [5.74, 6) is 0.655. The number of ether oxygens (including phenoxy) is 1. The highest BCUT2D eigenvalue weighted by Crippen LogP contribution is 2.30. The van der Waals surface area contributed by atoms with E-state index >= 15 is 0 Å². The molecule has 0 radical (unpaired) electrons. The lowest BCUT2D eigenvalue weighted by atomic mass is 10.0. The zero-order valence-electron chi connectivity index (χ0n) is 20.4. The van der Waals surface area contributed by atoms with Gasteiger partial charge in [-0.3, -0.25) is 4.98 Å². The molecule has 0 aliphatic rings. The van der Waals surface area contributed by atoms with E-state index in [2.05, 4.69) is 76.5 Å². The van der Waals surface area contributed by atoms with Gasteiger partial charge in [-0.05, 0) is 69.7 Å². The largest absolute Gasteiger partial charge is 0.478 e. The normalized spacial score (nSPS) is 12.5. The number of benzene rings is 2. The van der Waals surface area contributed by atoms with E-state index in [0.717, 1.165) is 52.4 Å². The Labute approximate surface area is 205 Å². The minimum atomic E-state index is 0.0475. The summed E-state index contributed by atoms with van der Waals surface area (Å²) in [6.45, 7) is 3.89. The van der Waals surface area contributed by atoms with Gasteiger partial charge >= 0.3 is 0 Å². The standard InChI is InChI=1S/C28H30N6O/c1-20(21-9-5-4-6-10-21)34-28-24-17-22(11-13-25(24)29-19-26(28)31-32-34)23-12-14-27(30-18-23)35-16-8-7-15-33(2)3/h4-6,9-14,17-20H,7-8,15-16H2,1-3H3/t20-/m1/s1. The van der Waals surface area contributed by atoms with E-state index in [4.69, 9.17) is 4.74 Å². The molecule has 0 aliphatic heterocycles. The highest BCUT2D eigenvalue weighted by molar-refractivity contribution is 6.03. The summed E-state index contributed by atoms with van der Waals surface area (Å²) in [4.78, 5) is 11.3. The van der Waals surface area contributed by atoms with Gasteiger partial charge in [-0.1, -0.05) is 41.6 Å². The van der Waals surface area contributed by atoms with Gasteiger partial charge in [0.1, 0.15) is 11.0 Å². The first-order chi connectivity index (χ1) is 17.1. The van der Waals surface area contributed by atoms with Crippen LogP contribution in [-0.4, -0.2) is 57.1 Å². The van der Waals surface area contributed by atoms with Crippen LogP contribution >= 0.6 is 0 Å². The molecule has 3 aromatic heterocycles. The van der Waals surface area contributed by atoms with Crippen LogP contribution in [0.1, 0.15) is 31.4 Å². The highest BCUT2D eigenvalue weighted by Gasteiger charge is 2.16. The first-order valence-corrected chi connectivity index (χ1v) is 12.0. The SMILES string of the molecule is C[C@H](c1ccccc1)n1nnc2cnc3ccc(-c4ccc(OCCCCN(C)C)nc4)cc3c21. The molecule has 3 heterocycles. The lowest BCUT2D eigenvalue weighted by Crippen LogP contribution is -2.13. The smallest absolute Gasteiger partial charge is 0.213 e. The summed E-state index contributed by atoms with van der Waals surface area (Å²) < 4.78 is 7.81. The second kappa shape index (κ2) is 10.2. The topological polar surface area (TPSA) is 69.0 Å². The van der Waals surface area contributed by atoms with Crippen molar-refractivity contribution in [1.82, 2.24) is 29.9 Å². The van der Waals surface area contributed by atoms with Gasteiger partial charge in [-0.2, -0.15) is 0 Å². The lowest BCUT2D eigenvalue weighted by Gasteiger charge is -2.14. The monoisotopic (exact) mass is 466 g/mol. The Morgan fingerprint density at radius 2 is 1.71 bits per heavy atom. The number of fused-ring (bicyclic) bond motifs is 3. The van der Waals surface area contributed by atoms with Crippen molar-refractivity contribution >= 4 is 21.9 Å². The number of rotatable bonds is 9. The Morgan fingerprint density at radius 3 is 2.49 bits per heavy atom. The van der Waals surface area contributed by atoms with Crippen molar-refractivity contribution in [3.05, 3.63) is 78.6 Å². The molecule has 0 unspecified atom stereocenters. The van der Waals surface area contributed by atoms with Crippen molar-refractivity contribution in [3.8, 4) is 17.0 Å². The van der Waals surface area contributed by atoms with Gasteiger partial charge in [0.2, 0.25) is 5.88 Å². The molecule has 5 rings (SSSR count). The molecule has 5 aromatic rings. The number of nitrogens with zero attached hydrogens (tertiary/aromatic N) is 6. The van der Waals surface area contributed by atoms with Gasteiger partial charge in [-0.25, -0.2) is 9.67 Å². The van der Waals surface area contributed by atoms with Gasteiger partial charge < -0.3 is 9.64 Å². The number of hydrogen-bond acceptors (Lipinski definition) is 6. The van der Waals surface area contributed by atoms with E-state index < -0.39 is 0 Å². The molecule has 0 saturated heterocycles. The zero-order chi connectivity index (χ0) is 24.2. The van der Waals surface area contributed by atoms with Crippen LogP contribution in [0.25, 0.3) is 33.1 Å². The molecule has 7 nitrogen and oxygen atoms in total. The third-order valence-electron chi connectivity index (χ3n) is 6.27. The fourth-order valence-electron chi connectivity index (χ4n) is 4.29. The number of unbranched alkanes of at least 4 members (excludes halogenated alkanes) is 1. The molecule has 0 N–H and O–H groups in total. The maximum atomic E-state index is 5.82. The van der Waals surface area contributed by atoms with Crippen molar-refractivity contribution in [3.63, 3.8) is 0 Å². The van der Waals surface area contributed by atoms with Gasteiger partial charge in [-0.15, -0.1) is 5.10 Å². The summed E-state index contributed by atoms with van der Waals surface area (Å²) in [5.41, 5.74) is 5.96. The fourth-order valence-corrected chi connectivity index (χ4v) is 4.29. The van der Waals surface area contributed by atoms with Crippen molar-refractivity contribution in [2.75, 3.05) is 27.2 Å². The Hall–Kier alpha value is -3.84. The summed E-state index contributed by atoms with van der Waals surface area (Å²) in [6.07, 6.45) is 5.79. The molecule has 0 aliphatic carbocycles. The second-order valence-corrected chi connectivity index (χ2v) is 9.09. The minimum absolute atomic E-state index is 0.0475. The average Bonchev–Trinajstić information content (AvgIpc) is 3.33. The van der Waals surface area contributed by atoms with Crippen LogP contribution in [0.3, 0.4) is 0 Å². The lowest BCUT2D eigenvalue weighted by molar-refractivity contribution is 0.284. The van der Waals surface area contributed by atoms with E-state index in [1.165, 1.54) is 5.56 Å². The number of aromatic nitrogens is 5. The van der Waals surface area contributed by atoms with Crippen LogP contribution in [0.4, 0.5) is 0 Å². The van der Waals surface area contributed by atoms with Gasteiger partial charge in [0.25, 0.3) is 0 Å². The number of pyridine rings is 2. The Bertz CT molecular complexity index is 1410. The van der Waals surface area contributed by atoms with Gasteiger partial charge in [0.15, 0.2) is 0 Å². The van der Waals surface area contributed by atoms with Crippen LogP contribution in [0.5, 0.6) is 5.88 Å². The van der Waals surface area contributed by atoms with Crippen LogP contribution < -0.4 is 4.74 Å². The molecule has 35 heavy (non-hydrogen) atoms. The summed E-state index contributed by atoms with van der Waals surface area (Å²) in [6, 6.07) is 20.7. The van der Waals surface area contributed by atoms with Crippen LogP contribution in [0.15, 0.2) is 73.1 Å². The Kier molecular flexibility index (Phi) is 6.68. The van der Waals surface area contributed by atoms with E-state index in [0.29, 0.717) is 12.5 Å². The predicted octanol–water partition coefficient (Wildman–Crippen LogP) is 5.37. The van der Waals surface area contributed by atoms with E-state index in [9.17, 15) is 0 Å². The van der Waals surface area contributed by atoms with Crippen molar-refractivity contribution in [1.29, 1.82) is 0 Å². The molecular formula is C28H30N6O. The average molecular weight is 467 g/mol. The van der Waals surface area contributed by atoms with E-state index in [1.54, 1.807) is 6.20 Å². The maximum Gasteiger partial charge on any atom is 0.213 e. The zero-order valence-corrected chi connectivity index (χ0v) is 20.4. The maximum absolute atomic E-state index is 5.82. The third kappa shape index (κ3) is 5.00. The minimum Gasteiger partial charge on any atom is -0.478 e. The molecule has 7 heteroatoms. The Balaban J connectivity index is 1.42. The highest BCUT2D eigenvalue weighted by atomic mass is 16.5. The van der Waals surface area contributed by atoms with Gasteiger partial charge in [0.05, 0.1) is 24.4 Å². The van der Waals surface area contributed by atoms with Crippen LogP contribution in [0.2, 0.25) is 0 Å². The summed E-state index contributed by atoms with van der Waals surface area (Å²) in [7, 11) is 4.17.